The first kappa shape index (κ1) is 21.4. The van der Waals surface area contributed by atoms with E-state index in [1.54, 1.807) is 0 Å². The van der Waals surface area contributed by atoms with E-state index in [9.17, 15) is 14.7 Å². The van der Waals surface area contributed by atoms with Gasteiger partial charge in [0.05, 0.1) is 6.10 Å². The highest BCUT2D eigenvalue weighted by atomic mass is 16.5. The van der Waals surface area contributed by atoms with Crippen molar-refractivity contribution >= 4 is 11.9 Å². The van der Waals surface area contributed by atoms with Crippen molar-refractivity contribution in [2.24, 2.45) is 0 Å². The van der Waals surface area contributed by atoms with E-state index in [1.807, 2.05) is 35.2 Å². The fourth-order valence-corrected chi connectivity index (χ4v) is 3.62. The molecule has 2 atom stereocenters. The maximum atomic E-state index is 12.3. The van der Waals surface area contributed by atoms with Crippen molar-refractivity contribution in [1.82, 2.24) is 4.90 Å². The monoisotopic (exact) mass is 377 g/mol. The van der Waals surface area contributed by atoms with Crippen molar-refractivity contribution in [3.05, 3.63) is 35.9 Å². The summed E-state index contributed by atoms with van der Waals surface area (Å²) in [4.78, 5) is 24.7. The van der Waals surface area contributed by atoms with Gasteiger partial charge in [-0.3, -0.25) is 4.79 Å². The first-order valence-corrected chi connectivity index (χ1v) is 9.87. The second kappa shape index (κ2) is 11.7. The number of unbranched alkanes of at least 4 members (excludes halogenated alkanes) is 1. The number of carboxylic acid groups (broad SMARTS) is 1. The zero-order valence-electron chi connectivity index (χ0n) is 15.9. The molecule has 1 heterocycles. The molecular formula is C21H31NO5. The molecule has 1 amide bonds. The summed E-state index contributed by atoms with van der Waals surface area (Å²) in [6.07, 6.45) is 5.78. The molecule has 0 saturated carbocycles. The number of amides is 1. The van der Waals surface area contributed by atoms with Gasteiger partial charge in [0.25, 0.3) is 0 Å². The highest BCUT2D eigenvalue weighted by molar-refractivity contribution is 5.77. The lowest BCUT2D eigenvalue weighted by Crippen LogP contribution is -2.44. The summed E-state index contributed by atoms with van der Waals surface area (Å²) in [5, 5.41) is 18.9. The third-order valence-electron chi connectivity index (χ3n) is 5.00. The van der Waals surface area contributed by atoms with Crippen LogP contribution in [0.4, 0.5) is 0 Å². The minimum absolute atomic E-state index is 0.190. The summed E-state index contributed by atoms with van der Waals surface area (Å²) in [6, 6.07) is 10.1. The normalized spacial score (nSPS) is 18.5. The number of rotatable bonds is 12. The van der Waals surface area contributed by atoms with E-state index in [1.165, 1.54) is 0 Å². The number of nitrogens with zero attached hydrogens (tertiary/aromatic N) is 1. The molecule has 2 N–H and O–H groups in total. The molecule has 6 nitrogen and oxygen atoms in total. The summed E-state index contributed by atoms with van der Waals surface area (Å²) in [5.41, 5.74) is 1.13. The Kier molecular flexibility index (Phi) is 9.28. The molecule has 0 aromatic heterocycles. The van der Waals surface area contributed by atoms with E-state index < -0.39 is 12.1 Å². The molecule has 1 aliphatic rings. The van der Waals surface area contributed by atoms with Crippen LogP contribution in [0.25, 0.3) is 0 Å². The first-order chi connectivity index (χ1) is 13.1. The molecule has 27 heavy (non-hydrogen) atoms. The fraction of sp³-hybridized carbons (Fsp3) is 0.619. The Bertz CT molecular complexity index is 577. The number of benzene rings is 1. The molecule has 0 radical (unpaired) electrons. The predicted molar refractivity (Wildman–Crippen MR) is 102 cm³/mol. The number of hydrogen-bond donors (Lipinski definition) is 2. The molecule has 0 aliphatic carbocycles. The number of carbonyl (C=O) groups excluding carboxylic acids is 1. The highest BCUT2D eigenvalue weighted by Crippen LogP contribution is 2.23. The van der Waals surface area contributed by atoms with Gasteiger partial charge in [-0.1, -0.05) is 30.3 Å². The van der Waals surface area contributed by atoms with E-state index >= 15 is 0 Å². The van der Waals surface area contributed by atoms with E-state index in [-0.39, 0.29) is 18.6 Å². The number of aliphatic carboxylic acids is 1. The summed E-state index contributed by atoms with van der Waals surface area (Å²) in [7, 11) is 0. The summed E-state index contributed by atoms with van der Waals surface area (Å²) in [6.45, 7) is 0.800. The van der Waals surface area contributed by atoms with E-state index in [0.717, 1.165) is 37.7 Å². The van der Waals surface area contributed by atoms with E-state index in [0.29, 0.717) is 32.4 Å². The van der Waals surface area contributed by atoms with Crippen molar-refractivity contribution < 1.29 is 24.5 Å². The molecule has 1 aromatic carbocycles. The van der Waals surface area contributed by atoms with Crippen LogP contribution in [-0.2, 0) is 20.7 Å². The minimum atomic E-state index is -0.963. The fourth-order valence-electron chi connectivity index (χ4n) is 3.62. The molecule has 0 spiro atoms. The van der Waals surface area contributed by atoms with Gasteiger partial charge in [0, 0.05) is 25.6 Å². The average Bonchev–Trinajstić information content (AvgIpc) is 2.65. The minimum Gasteiger partial charge on any atom is -0.480 e. The zero-order valence-corrected chi connectivity index (χ0v) is 15.9. The van der Waals surface area contributed by atoms with Crippen LogP contribution < -0.4 is 0 Å². The third kappa shape index (κ3) is 8.10. The topological polar surface area (TPSA) is 87.1 Å². The molecule has 2 unspecified atom stereocenters. The number of carboxylic acids is 1. The van der Waals surface area contributed by atoms with Gasteiger partial charge >= 0.3 is 5.97 Å². The zero-order chi connectivity index (χ0) is 19.5. The van der Waals surface area contributed by atoms with Crippen LogP contribution in [0.3, 0.4) is 0 Å². The Hall–Kier alpha value is -1.92. The molecular weight excluding hydrogens is 346 g/mol. The Morgan fingerprint density at radius 2 is 2.04 bits per heavy atom. The largest absolute Gasteiger partial charge is 0.480 e. The lowest BCUT2D eigenvalue weighted by molar-refractivity contribution is -0.142. The van der Waals surface area contributed by atoms with Gasteiger partial charge in [-0.15, -0.1) is 0 Å². The van der Waals surface area contributed by atoms with Crippen LogP contribution >= 0.6 is 0 Å². The number of aliphatic hydroxyl groups excluding tert-OH is 1. The molecule has 1 fully saturated rings. The van der Waals surface area contributed by atoms with Crippen molar-refractivity contribution in [3.63, 3.8) is 0 Å². The van der Waals surface area contributed by atoms with Crippen LogP contribution in [0.2, 0.25) is 0 Å². The van der Waals surface area contributed by atoms with Gasteiger partial charge < -0.3 is 19.8 Å². The lowest BCUT2D eigenvalue weighted by atomic mass is 9.94. The van der Waals surface area contributed by atoms with Crippen LogP contribution in [0, 0.1) is 0 Å². The number of hydrogen-bond acceptors (Lipinski definition) is 4. The SMILES string of the molecule is O=C(O)COCCCCN1C(=O)CCCC1CCC(O)Cc1ccccc1. The maximum Gasteiger partial charge on any atom is 0.329 e. The number of aliphatic hydroxyl groups is 1. The van der Waals surface area contributed by atoms with Crippen molar-refractivity contribution in [1.29, 1.82) is 0 Å². The predicted octanol–water partition coefficient (Wildman–Crippen LogP) is 2.63. The molecule has 150 valence electrons. The van der Waals surface area contributed by atoms with Crippen molar-refractivity contribution in [2.45, 2.75) is 63.5 Å². The highest BCUT2D eigenvalue weighted by Gasteiger charge is 2.27. The molecule has 1 aromatic rings. The van der Waals surface area contributed by atoms with E-state index in [2.05, 4.69) is 0 Å². The standard InChI is InChI=1S/C21H31NO5/c23-19(15-17-7-2-1-3-8-17)12-11-18-9-6-10-20(24)22(18)13-4-5-14-27-16-21(25)26/h1-3,7-8,18-19,23H,4-6,9-16H2,(H,25,26). The lowest BCUT2D eigenvalue weighted by Gasteiger charge is -2.36. The molecule has 2 rings (SSSR count). The Labute approximate surface area is 161 Å². The number of piperidine rings is 1. The number of likely N-dealkylation sites (tertiary alicyclic amines) is 1. The summed E-state index contributed by atoms with van der Waals surface area (Å²) in [5.74, 6) is -0.773. The Morgan fingerprint density at radius 1 is 1.26 bits per heavy atom. The quantitative estimate of drug-likeness (QED) is 0.547. The van der Waals surface area contributed by atoms with Gasteiger partial charge in [-0.25, -0.2) is 4.79 Å². The second-order valence-electron chi connectivity index (χ2n) is 7.21. The van der Waals surface area contributed by atoms with E-state index in [4.69, 9.17) is 9.84 Å². The molecule has 0 bridgehead atoms. The Balaban J connectivity index is 1.72. The number of carbonyl (C=O) groups is 2. The molecule has 6 heteroatoms. The molecule has 1 saturated heterocycles. The van der Waals surface area contributed by atoms with Crippen molar-refractivity contribution in [3.8, 4) is 0 Å². The first-order valence-electron chi connectivity index (χ1n) is 9.87. The van der Waals surface area contributed by atoms with Gasteiger partial charge in [0.1, 0.15) is 6.61 Å². The van der Waals surface area contributed by atoms with Gasteiger partial charge in [-0.2, -0.15) is 0 Å². The maximum absolute atomic E-state index is 12.3. The number of ether oxygens (including phenoxy) is 1. The smallest absolute Gasteiger partial charge is 0.329 e. The van der Waals surface area contributed by atoms with Gasteiger partial charge in [0.15, 0.2) is 0 Å². The second-order valence-corrected chi connectivity index (χ2v) is 7.21. The summed E-state index contributed by atoms with van der Waals surface area (Å²) >= 11 is 0. The average molecular weight is 377 g/mol. The van der Waals surface area contributed by atoms with Crippen LogP contribution in [0.1, 0.15) is 50.5 Å². The van der Waals surface area contributed by atoms with Crippen LogP contribution in [-0.4, -0.2) is 58.9 Å². The van der Waals surface area contributed by atoms with Crippen LogP contribution in [0.15, 0.2) is 30.3 Å². The Morgan fingerprint density at radius 3 is 2.78 bits per heavy atom. The van der Waals surface area contributed by atoms with Crippen LogP contribution in [0.5, 0.6) is 0 Å². The van der Waals surface area contributed by atoms with Crippen molar-refractivity contribution in [2.75, 3.05) is 19.8 Å². The summed E-state index contributed by atoms with van der Waals surface area (Å²) < 4.78 is 5.04. The third-order valence-corrected chi connectivity index (χ3v) is 5.00. The van der Waals surface area contributed by atoms with Gasteiger partial charge in [-0.05, 0) is 50.5 Å². The molecule has 1 aliphatic heterocycles. The van der Waals surface area contributed by atoms with Gasteiger partial charge in [0.2, 0.25) is 5.91 Å².